The number of esters is 2. The molecule has 0 unspecified atom stereocenters. The highest BCUT2D eigenvalue weighted by Gasteiger charge is 2.56. The lowest BCUT2D eigenvalue weighted by Crippen LogP contribution is -2.45. The molecule has 1 heterocycles. The Balaban J connectivity index is 2.21. The minimum absolute atomic E-state index is 0.189. The maximum Gasteiger partial charge on any atom is 0.311 e. The summed E-state index contributed by atoms with van der Waals surface area (Å²) in [7, 11) is 0. The van der Waals surface area contributed by atoms with Crippen LogP contribution in [0.4, 0.5) is 0 Å². The zero-order valence-corrected chi connectivity index (χ0v) is 11.0. The number of hydrogen-bond donors (Lipinski definition) is 0. The first-order valence-corrected chi connectivity index (χ1v) is 6.56. The molecule has 2 fully saturated rings. The minimum atomic E-state index is -0.600. The van der Waals surface area contributed by atoms with Gasteiger partial charge in [-0.3, -0.25) is 9.59 Å². The lowest BCUT2D eigenvalue weighted by atomic mass is 9.79. The van der Waals surface area contributed by atoms with Gasteiger partial charge < -0.3 is 9.47 Å². The van der Waals surface area contributed by atoms with Gasteiger partial charge in [0.05, 0.1) is 28.6 Å². The molecule has 0 N–H and O–H groups in total. The second-order valence-electron chi connectivity index (χ2n) is 3.98. The molecule has 2 aliphatic rings. The highest BCUT2D eigenvalue weighted by atomic mass is 79.9. The largest absolute Gasteiger partial charge is 0.466 e. The van der Waals surface area contributed by atoms with E-state index in [-0.39, 0.29) is 23.5 Å². The van der Waals surface area contributed by atoms with Gasteiger partial charge in [0.25, 0.3) is 0 Å². The molecule has 2 rings (SSSR count). The van der Waals surface area contributed by atoms with Crippen molar-refractivity contribution in [1.82, 2.24) is 0 Å². The lowest BCUT2D eigenvalue weighted by molar-refractivity contribution is -0.154. The standard InChI is InChI=1S/C10H12BrClO4/c1-2-15-10(14)6-4-3-5(16-9(4)13)7(11)8(6)12/h4-8H,2-3H2,1H3/t4-,5-,6-,7-,8+/m1/s1. The van der Waals surface area contributed by atoms with E-state index in [0.29, 0.717) is 6.42 Å². The molecule has 6 heteroatoms. The Morgan fingerprint density at radius 2 is 2.38 bits per heavy atom. The van der Waals surface area contributed by atoms with Crippen LogP contribution < -0.4 is 0 Å². The van der Waals surface area contributed by atoms with Gasteiger partial charge in [-0.25, -0.2) is 0 Å². The van der Waals surface area contributed by atoms with E-state index in [2.05, 4.69) is 15.9 Å². The van der Waals surface area contributed by atoms with E-state index in [9.17, 15) is 9.59 Å². The minimum Gasteiger partial charge on any atom is -0.466 e. The van der Waals surface area contributed by atoms with Crippen LogP contribution in [0.15, 0.2) is 0 Å². The van der Waals surface area contributed by atoms with E-state index in [0.717, 1.165) is 0 Å². The van der Waals surface area contributed by atoms with Crippen molar-refractivity contribution in [2.24, 2.45) is 11.8 Å². The molecule has 0 spiro atoms. The second kappa shape index (κ2) is 4.53. The van der Waals surface area contributed by atoms with E-state index < -0.39 is 23.2 Å². The number of hydrogen-bond acceptors (Lipinski definition) is 4. The third-order valence-electron chi connectivity index (χ3n) is 3.05. The molecule has 1 saturated carbocycles. The van der Waals surface area contributed by atoms with Gasteiger partial charge in [0.15, 0.2) is 0 Å². The number of ether oxygens (including phenoxy) is 2. The van der Waals surface area contributed by atoms with Gasteiger partial charge in [-0.15, -0.1) is 11.6 Å². The van der Waals surface area contributed by atoms with Crippen LogP contribution in [0.1, 0.15) is 13.3 Å². The summed E-state index contributed by atoms with van der Waals surface area (Å²) in [5.41, 5.74) is 0. The van der Waals surface area contributed by atoms with Crippen molar-refractivity contribution in [1.29, 1.82) is 0 Å². The topological polar surface area (TPSA) is 52.6 Å². The quantitative estimate of drug-likeness (QED) is 0.572. The van der Waals surface area contributed by atoms with Crippen LogP contribution in [-0.2, 0) is 19.1 Å². The molecule has 90 valence electrons. The fourth-order valence-corrected chi connectivity index (χ4v) is 3.37. The summed E-state index contributed by atoms with van der Waals surface area (Å²) < 4.78 is 10.1. The Morgan fingerprint density at radius 3 is 3.00 bits per heavy atom. The van der Waals surface area contributed by atoms with Gasteiger partial charge in [-0.2, -0.15) is 0 Å². The van der Waals surface area contributed by atoms with E-state index in [1.54, 1.807) is 6.92 Å². The van der Waals surface area contributed by atoms with Crippen molar-refractivity contribution in [3.63, 3.8) is 0 Å². The number of alkyl halides is 2. The molecule has 0 aromatic heterocycles. The number of rotatable bonds is 2. The van der Waals surface area contributed by atoms with Gasteiger partial charge in [-0.1, -0.05) is 15.9 Å². The van der Waals surface area contributed by atoms with E-state index in [1.807, 2.05) is 0 Å². The SMILES string of the molecule is CCOC(=O)[C@H]1[C@H](Cl)[C@H](Br)[C@H]2C[C@H]1C(=O)O2. The van der Waals surface area contributed by atoms with Gasteiger partial charge in [0.1, 0.15) is 6.10 Å². The Kier molecular flexibility index (Phi) is 3.45. The fraction of sp³-hybridized carbons (Fsp3) is 0.800. The molecule has 0 aromatic carbocycles. The number of carbonyl (C=O) groups excluding carboxylic acids is 2. The highest BCUT2D eigenvalue weighted by molar-refractivity contribution is 9.09. The summed E-state index contributed by atoms with van der Waals surface area (Å²) in [6, 6.07) is 0. The predicted octanol–water partition coefficient (Wildman–Crippen LogP) is 1.48. The average molecular weight is 312 g/mol. The van der Waals surface area contributed by atoms with Crippen molar-refractivity contribution in [2.45, 2.75) is 29.7 Å². The van der Waals surface area contributed by atoms with E-state index >= 15 is 0 Å². The van der Waals surface area contributed by atoms with Crippen molar-refractivity contribution < 1.29 is 19.1 Å². The molecule has 0 amide bonds. The Hall–Kier alpha value is -0.290. The van der Waals surface area contributed by atoms with Crippen LogP contribution in [0.5, 0.6) is 0 Å². The molecule has 16 heavy (non-hydrogen) atoms. The molecule has 1 saturated heterocycles. The van der Waals surface area contributed by atoms with Crippen LogP contribution in [0.2, 0.25) is 0 Å². The molecule has 0 aromatic rings. The number of fused-ring (bicyclic) bond motifs is 2. The molecular weight excluding hydrogens is 299 g/mol. The van der Waals surface area contributed by atoms with Crippen LogP contribution in [0.25, 0.3) is 0 Å². The maximum absolute atomic E-state index is 11.8. The summed E-state index contributed by atoms with van der Waals surface area (Å²) >= 11 is 9.56. The first-order valence-electron chi connectivity index (χ1n) is 5.21. The molecule has 1 aliphatic carbocycles. The second-order valence-corrected chi connectivity index (χ2v) is 5.55. The normalized spacial score (nSPS) is 41.7. The van der Waals surface area contributed by atoms with Crippen molar-refractivity contribution in [2.75, 3.05) is 6.61 Å². The summed E-state index contributed by atoms with van der Waals surface area (Å²) in [6.45, 7) is 2.02. The van der Waals surface area contributed by atoms with Gasteiger partial charge in [-0.05, 0) is 13.3 Å². The first-order chi connectivity index (χ1) is 7.56. The van der Waals surface area contributed by atoms with Gasteiger partial charge in [0.2, 0.25) is 0 Å². The smallest absolute Gasteiger partial charge is 0.311 e. The third-order valence-corrected chi connectivity index (χ3v) is 5.06. The van der Waals surface area contributed by atoms with Crippen molar-refractivity contribution in [3.8, 4) is 0 Å². The summed E-state index contributed by atoms with van der Waals surface area (Å²) in [6.07, 6.45) is 0.326. The van der Waals surface area contributed by atoms with Crippen LogP contribution >= 0.6 is 27.5 Å². The van der Waals surface area contributed by atoms with Crippen molar-refractivity contribution in [3.05, 3.63) is 0 Å². The molecule has 1 aliphatic heterocycles. The zero-order chi connectivity index (χ0) is 11.9. The van der Waals surface area contributed by atoms with Gasteiger partial charge >= 0.3 is 11.9 Å². The van der Waals surface area contributed by atoms with Gasteiger partial charge in [0, 0.05) is 0 Å². The van der Waals surface area contributed by atoms with Crippen LogP contribution in [-0.4, -0.2) is 34.9 Å². The number of carbonyl (C=O) groups is 2. The Bertz CT molecular complexity index is 322. The van der Waals surface area contributed by atoms with Crippen LogP contribution in [0.3, 0.4) is 0 Å². The summed E-state index contributed by atoms with van der Waals surface area (Å²) in [5.74, 6) is -1.79. The first kappa shape index (κ1) is 12.2. The molecule has 5 atom stereocenters. The molecule has 0 radical (unpaired) electrons. The highest BCUT2D eigenvalue weighted by Crippen LogP contribution is 2.44. The monoisotopic (exact) mass is 310 g/mol. The molecule has 2 bridgehead atoms. The zero-order valence-electron chi connectivity index (χ0n) is 8.69. The Labute approximate surface area is 107 Å². The molecular formula is C10H12BrClO4. The fourth-order valence-electron chi connectivity index (χ4n) is 2.28. The van der Waals surface area contributed by atoms with Crippen molar-refractivity contribution >= 4 is 39.5 Å². The predicted molar refractivity (Wildman–Crippen MR) is 60.5 cm³/mol. The van der Waals surface area contributed by atoms with E-state index in [4.69, 9.17) is 21.1 Å². The summed E-state index contributed by atoms with van der Waals surface area (Å²) in [5, 5.41) is -0.464. The molecule has 4 nitrogen and oxygen atoms in total. The summed E-state index contributed by atoms with van der Waals surface area (Å²) in [4.78, 5) is 23.1. The van der Waals surface area contributed by atoms with Crippen LogP contribution in [0, 0.1) is 11.8 Å². The lowest BCUT2D eigenvalue weighted by Gasteiger charge is -2.31. The van der Waals surface area contributed by atoms with E-state index in [1.165, 1.54) is 0 Å². The third kappa shape index (κ3) is 1.84. The Morgan fingerprint density at radius 1 is 1.69 bits per heavy atom. The maximum atomic E-state index is 11.8. The number of halogens is 2. The average Bonchev–Trinajstić information content (AvgIpc) is 2.56.